The fourth-order valence-electron chi connectivity index (χ4n) is 3.82. The molecule has 1 saturated carbocycles. The molecule has 0 aromatic heterocycles. The predicted octanol–water partition coefficient (Wildman–Crippen LogP) is 1.71. The lowest BCUT2D eigenvalue weighted by molar-refractivity contribution is -0.145. The van der Waals surface area contributed by atoms with Crippen molar-refractivity contribution < 1.29 is 19.2 Å². The molecule has 0 radical (unpaired) electrons. The van der Waals surface area contributed by atoms with E-state index in [2.05, 4.69) is 5.32 Å². The van der Waals surface area contributed by atoms with Gasteiger partial charge in [-0.1, -0.05) is 50.1 Å². The van der Waals surface area contributed by atoms with E-state index in [4.69, 9.17) is 0 Å². The standard InChI is InChI=1S/C20H25N3O4/c1-14-7-5-6-10-16(14)23-19(26)18(25)22(20(23)27)13-17(24)21-12-11-15-8-3-2-4-9-15/h2-4,8-9,14,16H,5-7,10-13H2,1H3,(H,21,24)/t14-,16-/m1/s1. The van der Waals surface area contributed by atoms with Crippen molar-refractivity contribution in [1.29, 1.82) is 0 Å². The average molecular weight is 371 g/mol. The summed E-state index contributed by atoms with van der Waals surface area (Å²) in [5.74, 6) is -2.00. The number of imide groups is 2. The Hall–Kier alpha value is -2.70. The number of carbonyl (C=O) groups is 4. The topological polar surface area (TPSA) is 86.8 Å². The second-order valence-electron chi connectivity index (χ2n) is 7.26. The number of carbonyl (C=O) groups excluding carboxylic acids is 4. The maximum Gasteiger partial charge on any atom is 0.334 e. The molecule has 144 valence electrons. The van der Waals surface area contributed by atoms with Crippen molar-refractivity contribution in [3.63, 3.8) is 0 Å². The van der Waals surface area contributed by atoms with Crippen LogP contribution in [0.3, 0.4) is 0 Å². The van der Waals surface area contributed by atoms with Gasteiger partial charge >= 0.3 is 17.8 Å². The van der Waals surface area contributed by atoms with E-state index in [1.165, 1.54) is 0 Å². The molecule has 1 aliphatic carbocycles. The lowest BCUT2D eigenvalue weighted by Gasteiger charge is -2.34. The summed E-state index contributed by atoms with van der Waals surface area (Å²) in [6, 6.07) is 8.76. The van der Waals surface area contributed by atoms with Crippen LogP contribution in [0.15, 0.2) is 30.3 Å². The first-order chi connectivity index (χ1) is 13.0. The molecule has 2 aliphatic rings. The molecule has 0 spiro atoms. The van der Waals surface area contributed by atoms with E-state index in [1.807, 2.05) is 37.3 Å². The second kappa shape index (κ2) is 8.33. The van der Waals surface area contributed by atoms with Crippen LogP contribution in [0.4, 0.5) is 4.79 Å². The highest BCUT2D eigenvalue weighted by atomic mass is 16.2. The first kappa shape index (κ1) is 19.1. The molecule has 27 heavy (non-hydrogen) atoms. The first-order valence-electron chi connectivity index (χ1n) is 9.48. The molecule has 0 unspecified atom stereocenters. The quantitative estimate of drug-likeness (QED) is 0.609. The van der Waals surface area contributed by atoms with Crippen LogP contribution in [0, 0.1) is 5.92 Å². The molecule has 7 nitrogen and oxygen atoms in total. The van der Waals surface area contributed by atoms with Gasteiger partial charge in [0.25, 0.3) is 0 Å². The number of nitrogens with zero attached hydrogens (tertiary/aromatic N) is 2. The zero-order valence-corrected chi connectivity index (χ0v) is 15.5. The zero-order chi connectivity index (χ0) is 19.4. The molecular formula is C20H25N3O4. The van der Waals surface area contributed by atoms with Crippen LogP contribution in [0.25, 0.3) is 0 Å². The van der Waals surface area contributed by atoms with Gasteiger partial charge in [-0.05, 0) is 30.7 Å². The van der Waals surface area contributed by atoms with Gasteiger partial charge in [-0.3, -0.25) is 19.3 Å². The van der Waals surface area contributed by atoms with Crippen molar-refractivity contribution in [2.45, 2.75) is 45.1 Å². The minimum absolute atomic E-state index is 0.166. The number of hydrogen-bond donors (Lipinski definition) is 1. The van der Waals surface area contributed by atoms with Gasteiger partial charge in [-0.2, -0.15) is 0 Å². The van der Waals surface area contributed by atoms with Crippen LogP contribution >= 0.6 is 0 Å². The number of urea groups is 1. The van der Waals surface area contributed by atoms with Gasteiger partial charge in [0, 0.05) is 12.6 Å². The lowest BCUT2D eigenvalue weighted by atomic mass is 9.85. The summed E-state index contributed by atoms with van der Waals surface area (Å²) in [5.41, 5.74) is 1.08. The largest absolute Gasteiger partial charge is 0.354 e. The van der Waals surface area contributed by atoms with Crippen LogP contribution in [0.2, 0.25) is 0 Å². The molecule has 3 rings (SSSR count). The molecule has 1 heterocycles. The SMILES string of the molecule is C[C@@H]1CCCC[C@H]1N1C(=O)C(=O)N(CC(=O)NCCc2ccccc2)C1=O. The van der Waals surface area contributed by atoms with Crippen LogP contribution in [-0.4, -0.2) is 52.7 Å². The number of benzene rings is 1. The third-order valence-electron chi connectivity index (χ3n) is 5.36. The molecular weight excluding hydrogens is 346 g/mol. The summed E-state index contributed by atoms with van der Waals surface area (Å²) < 4.78 is 0. The van der Waals surface area contributed by atoms with Crippen molar-refractivity contribution in [2.75, 3.05) is 13.1 Å². The number of amides is 5. The Kier molecular flexibility index (Phi) is 5.88. The number of nitrogens with one attached hydrogen (secondary N) is 1. The van der Waals surface area contributed by atoms with E-state index in [0.29, 0.717) is 19.4 Å². The summed E-state index contributed by atoms with van der Waals surface area (Å²) in [6.07, 6.45) is 4.29. The number of hydrogen-bond acceptors (Lipinski definition) is 4. The van der Waals surface area contributed by atoms with E-state index in [0.717, 1.165) is 34.6 Å². The van der Waals surface area contributed by atoms with Crippen molar-refractivity contribution in [2.24, 2.45) is 5.92 Å². The Balaban J connectivity index is 1.56. The fourth-order valence-corrected chi connectivity index (χ4v) is 3.82. The van der Waals surface area contributed by atoms with Gasteiger partial charge in [0.1, 0.15) is 6.54 Å². The highest BCUT2D eigenvalue weighted by Gasteiger charge is 2.49. The molecule has 1 aromatic rings. The van der Waals surface area contributed by atoms with E-state index in [1.54, 1.807) is 0 Å². The van der Waals surface area contributed by atoms with Crippen molar-refractivity contribution in [3.05, 3.63) is 35.9 Å². The predicted molar refractivity (Wildman–Crippen MR) is 98.5 cm³/mol. The molecule has 1 aromatic carbocycles. The first-order valence-corrected chi connectivity index (χ1v) is 9.48. The Morgan fingerprint density at radius 1 is 1.07 bits per heavy atom. The molecule has 5 amide bonds. The molecule has 2 atom stereocenters. The van der Waals surface area contributed by atoms with Gasteiger partial charge in [0.15, 0.2) is 0 Å². The van der Waals surface area contributed by atoms with Crippen molar-refractivity contribution in [3.8, 4) is 0 Å². The number of rotatable bonds is 6. The molecule has 1 N–H and O–H groups in total. The molecule has 7 heteroatoms. The van der Waals surface area contributed by atoms with Crippen LogP contribution in [0.5, 0.6) is 0 Å². The smallest absolute Gasteiger partial charge is 0.334 e. The van der Waals surface area contributed by atoms with E-state index in [9.17, 15) is 19.2 Å². The van der Waals surface area contributed by atoms with Crippen molar-refractivity contribution in [1.82, 2.24) is 15.1 Å². The Morgan fingerprint density at radius 2 is 1.78 bits per heavy atom. The second-order valence-corrected chi connectivity index (χ2v) is 7.26. The van der Waals surface area contributed by atoms with Crippen LogP contribution in [0.1, 0.15) is 38.2 Å². The van der Waals surface area contributed by atoms with Crippen LogP contribution < -0.4 is 5.32 Å². The highest BCUT2D eigenvalue weighted by molar-refractivity contribution is 6.45. The van der Waals surface area contributed by atoms with E-state index < -0.39 is 30.3 Å². The maximum absolute atomic E-state index is 12.6. The molecule has 2 fully saturated rings. The van der Waals surface area contributed by atoms with E-state index >= 15 is 0 Å². The highest BCUT2D eigenvalue weighted by Crippen LogP contribution is 2.31. The summed E-state index contributed by atoms with van der Waals surface area (Å²) in [4.78, 5) is 51.2. The minimum atomic E-state index is -0.906. The molecule has 1 saturated heterocycles. The summed E-state index contributed by atoms with van der Waals surface area (Å²) in [5, 5.41) is 2.70. The normalized spacial score (nSPS) is 23.1. The maximum atomic E-state index is 12.6. The zero-order valence-electron chi connectivity index (χ0n) is 15.5. The summed E-state index contributed by atoms with van der Waals surface area (Å²) in [6.45, 7) is 1.97. The van der Waals surface area contributed by atoms with Gasteiger partial charge in [0.2, 0.25) is 5.91 Å². The fraction of sp³-hybridized carbons (Fsp3) is 0.500. The van der Waals surface area contributed by atoms with Gasteiger partial charge in [-0.15, -0.1) is 0 Å². The average Bonchev–Trinajstić information content (AvgIpc) is 2.87. The van der Waals surface area contributed by atoms with Gasteiger partial charge in [0.05, 0.1) is 0 Å². The Bertz CT molecular complexity index is 734. The molecule has 1 aliphatic heterocycles. The third kappa shape index (κ3) is 4.18. The van der Waals surface area contributed by atoms with E-state index in [-0.39, 0.29) is 12.0 Å². The minimum Gasteiger partial charge on any atom is -0.354 e. The van der Waals surface area contributed by atoms with Gasteiger partial charge in [-0.25, -0.2) is 9.69 Å². The van der Waals surface area contributed by atoms with Crippen LogP contribution in [-0.2, 0) is 20.8 Å². The molecule has 0 bridgehead atoms. The Morgan fingerprint density at radius 3 is 2.48 bits per heavy atom. The summed E-state index contributed by atoms with van der Waals surface area (Å²) in [7, 11) is 0. The van der Waals surface area contributed by atoms with Gasteiger partial charge < -0.3 is 5.32 Å². The monoisotopic (exact) mass is 371 g/mol. The summed E-state index contributed by atoms with van der Waals surface area (Å²) >= 11 is 0. The third-order valence-corrected chi connectivity index (χ3v) is 5.36. The Labute approximate surface area is 158 Å². The lowest BCUT2D eigenvalue weighted by Crippen LogP contribution is -2.47. The van der Waals surface area contributed by atoms with Crippen molar-refractivity contribution >= 4 is 23.8 Å².